The van der Waals surface area contributed by atoms with Crippen molar-refractivity contribution < 1.29 is 19.8 Å². The molecule has 3 aromatic rings. The van der Waals surface area contributed by atoms with Crippen molar-refractivity contribution in [2.75, 3.05) is 0 Å². The maximum atomic E-state index is 11.5. The van der Waals surface area contributed by atoms with E-state index >= 15 is 0 Å². The summed E-state index contributed by atoms with van der Waals surface area (Å²) in [6, 6.07) is 14.8. The van der Waals surface area contributed by atoms with Gasteiger partial charge in [0.2, 0.25) is 0 Å². The average molecular weight is 376 g/mol. The minimum absolute atomic E-state index is 0.471. The molecule has 5 nitrogen and oxygen atoms in total. The van der Waals surface area contributed by atoms with Gasteiger partial charge < -0.3 is 15.2 Å². The van der Waals surface area contributed by atoms with Crippen LogP contribution in [0.4, 0.5) is 0 Å². The molecular weight excluding hydrogens is 362 g/mol. The minimum atomic E-state index is -1.16. The van der Waals surface area contributed by atoms with Crippen molar-refractivity contribution in [2.24, 2.45) is 0 Å². The molecule has 7 heteroatoms. The number of thioether (sulfide) groups is 1. The summed E-state index contributed by atoms with van der Waals surface area (Å²) in [6.07, 6.45) is -0.471. The molecule has 3 N–H and O–H groups in total. The summed E-state index contributed by atoms with van der Waals surface area (Å²) in [5.41, 5.74) is 2.45. The molecule has 0 bridgehead atoms. The van der Waals surface area contributed by atoms with E-state index in [1.54, 1.807) is 12.1 Å². The second kappa shape index (κ2) is 7.21. The lowest BCUT2D eigenvalue weighted by atomic mass is 10.1. The fraction of sp³-hybridized carbons (Fsp3) is 0.111. The predicted molar refractivity (Wildman–Crippen MR) is 98.3 cm³/mol. The third-order valence-corrected chi connectivity index (χ3v) is 5.22. The van der Waals surface area contributed by atoms with Crippen LogP contribution in [-0.4, -0.2) is 32.4 Å². The second-order valence-corrected chi connectivity index (χ2v) is 7.08. The number of hydrogen-bond acceptors (Lipinski definition) is 3. The molecule has 1 heterocycles. The van der Waals surface area contributed by atoms with E-state index in [4.69, 9.17) is 16.7 Å². The maximum absolute atomic E-state index is 11.5. The topological polar surface area (TPSA) is 90.4 Å². The lowest BCUT2D eigenvalue weighted by Crippen LogP contribution is -2.20. The summed E-state index contributed by atoms with van der Waals surface area (Å²) in [5.74, 6) is -2.32. The van der Waals surface area contributed by atoms with E-state index in [0.29, 0.717) is 9.92 Å². The number of aromatic amines is 1. The van der Waals surface area contributed by atoms with Gasteiger partial charge in [-0.15, -0.1) is 11.8 Å². The number of nitrogens with one attached hydrogen (secondary N) is 1. The number of H-pyrrole nitrogens is 1. The number of aliphatic carboxylic acids is 2. The van der Waals surface area contributed by atoms with Gasteiger partial charge in [-0.1, -0.05) is 41.9 Å². The molecule has 0 spiro atoms. The Hall–Kier alpha value is -2.44. The highest BCUT2D eigenvalue weighted by atomic mass is 35.5. The first-order chi connectivity index (χ1) is 12.0. The van der Waals surface area contributed by atoms with Crippen LogP contribution in [0.25, 0.3) is 22.2 Å². The first-order valence-electron chi connectivity index (χ1n) is 7.43. The summed E-state index contributed by atoms with van der Waals surface area (Å²) in [7, 11) is 0. The van der Waals surface area contributed by atoms with E-state index in [9.17, 15) is 14.7 Å². The smallest absolute Gasteiger partial charge is 0.317 e. The number of carbonyl (C=O) groups is 2. The van der Waals surface area contributed by atoms with Gasteiger partial charge in [-0.25, -0.2) is 0 Å². The van der Waals surface area contributed by atoms with E-state index in [1.807, 2.05) is 36.4 Å². The van der Waals surface area contributed by atoms with Crippen LogP contribution in [0.5, 0.6) is 0 Å². The summed E-state index contributed by atoms with van der Waals surface area (Å²) in [4.78, 5) is 26.5. The van der Waals surface area contributed by atoms with Gasteiger partial charge >= 0.3 is 11.9 Å². The summed E-state index contributed by atoms with van der Waals surface area (Å²) in [6.45, 7) is 0. The highest BCUT2D eigenvalue weighted by Crippen LogP contribution is 2.41. The zero-order valence-electron chi connectivity index (χ0n) is 12.9. The Bertz CT molecular complexity index is 939. The standard InChI is InChI=1S/C18H14ClNO4S/c19-11-6-7-13-12(8-11)17(25-14(18(23)24)9-15(21)22)16(20-13)10-4-2-1-3-5-10/h1-8,14,20H,9H2,(H,21,22)(H,23,24). The van der Waals surface area contributed by atoms with Crippen molar-refractivity contribution in [3.63, 3.8) is 0 Å². The SMILES string of the molecule is O=C(O)CC(Sc1c(-c2ccccc2)[nH]c2ccc(Cl)cc12)C(=O)O. The molecule has 0 radical (unpaired) electrons. The first-order valence-corrected chi connectivity index (χ1v) is 8.69. The maximum Gasteiger partial charge on any atom is 0.317 e. The van der Waals surface area contributed by atoms with Crippen molar-refractivity contribution in [3.05, 3.63) is 53.6 Å². The van der Waals surface area contributed by atoms with E-state index in [-0.39, 0.29) is 0 Å². The molecule has 1 atom stereocenters. The molecule has 0 saturated carbocycles. The van der Waals surface area contributed by atoms with E-state index in [2.05, 4.69) is 4.98 Å². The number of aromatic nitrogens is 1. The van der Waals surface area contributed by atoms with Crippen molar-refractivity contribution >= 4 is 46.2 Å². The predicted octanol–water partition coefficient (Wildman–Crippen LogP) is 4.51. The Morgan fingerprint density at radius 2 is 1.84 bits per heavy atom. The lowest BCUT2D eigenvalue weighted by molar-refractivity contribution is -0.142. The number of halogens is 1. The quantitative estimate of drug-likeness (QED) is 0.551. The van der Waals surface area contributed by atoms with Gasteiger partial charge in [-0.05, 0) is 23.8 Å². The molecule has 0 aliphatic heterocycles. The van der Waals surface area contributed by atoms with Crippen LogP contribution in [0.1, 0.15) is 6.42 Å². The molecular formula is C18H14ClNO4S. The van der Waals surface area contributed by atoms with Crippen molar-refractivity contribution in [2.45, 2.75) is 16.6 Å². The van der Waals surface area contributed by atoms with Gasteiger partial charge in [-0.2, -0.15) is 0 Å². The number of fused-ring (bicyclic) bond motifs is 1. The van der Waals surface area contributed by atoms with E-state index < -0.39 is 23.6 Å². The van der Waals surface area contributed by atoms with E-state index in [1.165, 1.54) is 0 Å². The molecule has 2 aromatic carbocycles. The Kier molecular flexibility index (Phi) is 5.01. The van der Waals surface area contributed by atoms with Crippen molar-refractivity contribution in [1.29, 1.82) is 0 Å². The molecule has 128 valence electrons. The fourth-order valence-electron chi connectivity index (χ4n) is 2.55. The highest BCUT2D eigenvalue weighted by molar-refractivity contribution is 8.01. The lowest BCUT2D eigenvalue weighted by Gasteiger charge is -2.11. The summed E-state index contributed by atoms with van der Waals surface area (Å²) in [5, 5.41) is 18.6. The van der Waals surface area contributed by atoms with Gasteiger partial charge in [0.15, 0.2) is 0 Å². The molecule has 0 saturated heterocycles. The molecule has 0 aliphatic rings. The largest absolute Gasteiger partial charge is 0.481 e. The Balaban J connectivity index is 2.15. The van der Waals surface area contributed by atoms with Crippen molar-refractivity contribution in [3.8, 4) is 11.3 Å². The molecule has 1 unspecified atom stereocenters. The fourth-order valence-corrected chi connectivity index (χ4v) is 3.92. The Morgan fingerprint density at radius 3 is 2.48 bits per heavy atom. The average Bonchev–Trinajstić information content (AvgIpc) is 2.92. The van der Waals surface area contributed by atoms with Crippen molar-refractivity contribution in [1.82, 2.24) is 4.98 Å². The molecule has 25 heavy (non-hydrogen) atoms. The van der Waals surface area contributed by atoms with Gasteiger partial charge in [0.25, 0.3) is 0 Å². The molecule has 3 rings (SSSR count). The number of hydrogen-bond donors (Lipinski definition) is 3. The van der Waals surface area contributed by atoms with Crippen LogP contribution in [0.15, 0.2) is 53.4 Å². The van der Waals surface area contributed by atoms with Crippen LogP contribution in [0.3, 0.4) is 0 Å². The normalized spacial score (nSPS) is 12.2. The molecule has 0 amide bonds. The zero-order valence-corrected chi connectivity index (χ0v) is 14.5. The van der Waals surface area contributed by atoms with Crippen LogP contribution in [0, 0.1) is 0 Å². The second-order valence-electron chi connectivity index (χ2n) is 5.43. The third-order valence-electron chi connectivity index (χ3n) is 3.67. The Morgan fingerprint density at radius 1 is 1.12 bits per heavy atom. The van der Waals surface area contributed by atoms with E-state index in [0.717, 1.165) is 33.9 Å². The molecule has 0 aliphatic carbocycles. The van der Waals surface area contributed by atoms with Gasteiger partial charge in [0.1, 0.15) is 5.25 Å². The van der Waals surface area contributed by atoms with Crippen LogP contribution in [0.2, 0.25) is 5.02 Å². The first kappa shape index (κ1) is 17.4. The molecule has 0 fully saturated rings. The summed E-state index contributed by atoms with van der Waals surface area (Å²) < 4.78 is 0. The summed E-state index contributed by atoms with van der Waals surface area (Å²) >= 11 is 7.12. The number of rotatable bonds is 6. The monoisotopic (exact) mass is 375 g/mol. The number of carboxylic acids is 2. The van der Waals surface area contributed by atoms with Crippen LogP contribution in [-0.2, 0) is 9.59 Å². The van der Waals surface area contributed by atoms with Gasteiger partial charge in [-0.3, -0.25) is 9.59 Å². The van der Waals surface area contributed by atoms with Crippen LogP contribution < -0.4 is 0 Å². The minimum Gasteiger partial charge on any atom is -0.481 e. The van der Waals surface area contributed by atoms with Gasteiger partial charge in [0.05, 0.1) is 12.1 Å². The zero-order chi connectivity index (χ0) is 18.0. The molecule has 1 aromatic heterocycles. The highest BCUT2D eigenvalue weighted by Gasteiger charge is 2.26. The number of carboxylic acid groups (broad SMARTS) is 2. The third kappa shape index (κ3) is 3.81. The van der Waals surface area contributed by atoms with Crippen LogP contribution >= 0.6 is 23.4 Å². The number of benzene rings is 2. The van der Waals surface area contributed by atoms with Gasteiger partial charge in [0, 0.05) is 20.8 Å². The Labute approximate surface area is 152 Å².